The van der Waals surface area contributed by atoms with E-state index in [0.29, 0.717) is 6.04 Å². The van der Waals surface area contributed by atoms with E-state index in [1.807, 2.05) is 11.3 Å². The molecule has 1 aliphatic rings. The molecule has 1 unspecified atom stereocenters. The first-order chi connectivity index (χ1) is 6.45. The fraction of sp³-hybridized carbons (Fsp3) is 0.600. The van der Waals surface area contributed by atoms with Crippen LogP contribution in [0.4, 0.5) is 0 Å². The van der Waals surface area contributed by atoms with Crippen molar-refractivity contribution in [3.63, 3.8) is 0 Å². The second kappa shape index (κ2) is 4.74. The van der Waals surface area contributed by atoms with Crippen LogP contribution >= 0.6 is 11.3 Å². The minimum absolute atomic E-state index is 0.566. The summed E-state index contributed by atoms with van der Waals surface area (Å²) in [5.41, 5.74) is 0. The molecular weight excluding hydrogens is 182 g/mol. The summed E-state index contributed by atoms with van der Waals surface area (Å²) in [6.07, 6.45) is 2.45. The van der Waals surface area contributed by atoms with Crippen molar-refractivity contribution in [2.75, 3.05) is 13.2 Å². The van der Waals surface area contributed by atoms with Gasteiger partial charge in [-0.05, 0) is 24.3 Å². The van der Waals surface area contributed by atoms with Gasteiger partial charge in [-0.1, -0.05) is 6.07 Å². The van der Waals surface area contributed by atoms with Crippen LogP contribution in [0.3, 0.4) is 0 Å². The van der Waals surface area contributed by atoms with Crippen molar-refractivity contribution in [3.8, 4) is 0 Å². The SMILES string of the molecule is c1csc(CNC2CCCOC2)c1. The lowest BCUT2D eigenvalue weighted by Gasteiger charge is -2.22. The third-order valence-electron chi connectivity index (χ3n) is 2.31. The van der Waals surface area contributed by atoms with Crippen LogP contribution in [0.15, 0.2) is 17.5 Å². The lowest BCUT2D eigenvalue weighted by atomic mass is 10.1. The highest BCUT2D eigenvalue weighted by atomic mass is 32.1. The molecule has 1 fully saturated rings. The molecule has 2 heterocycles. The molecule has 0 bridgehead atoms. The van der Waals surface area contributed by atoms with E-state index >= 15 is 0 Å². The fourth-order valence-electron chi connectivity index (χ4n) is 1.56. The molecule has 0 aromatic carbocycles. The van der Waals surface area contributed by atoms with Gasteiger partial charge in [-0.3, -0.25) is 0 Å². The van der Waals surface area contributed by atoms with E-state index in [4.69, 9.17) is 4.74 Å². The van der Waals surface area contributed by atoms with Crippen molar-refractivity contribution in [3.05, 3.63) is 22.4 Å². The number of hydrogen-bond acceptors (Lipinski definition) is 3. The maximum absolute atomic E-state index is 5.39. The van der Waals surface area contributed by atoms with Gasteiger partial charge in [0.25, 0.3) is 0 Å². The Balaban J connectivity index is 1.72. The molecule has 3 heteroatoms. The van der Waals surface area contributed by atoms with Gasteiger partial charge >= 0.3 is 0 Å². The van der Waals surface area contributed by atoms with Crippen LogP contribution in [0.5, 0.6) is 0 Å². The zero-order valence-corrected chi connectivity index (χ0v) is 8.48. The molecule has 13 heavy (non-hydrogen) atoms. The van der Waals surface area contributed by atoms with Gasteiger partial charge < -0.3 is 10.1 Å². The van der Waals surface area contributed by atoms with E-state index in [1.165, 1.54) is 17.7 Å². The number of thiophene rings is 1. The van der Waals surface area contributed by atoms with Gasteiger partial charge in [0.05, 0.1) is 6.61 Å². The van der Waals surface area contributed by atoms with Crippen molar-refractivity contribution in [1.82, 2.24) is 5.32 Å². The summed E-state index contributed by atoms with van der Waals surface area (Å²) in [5, 5.41) is 5.63. The number of hydrogen-bond donors (Lipinski definition) is 1. The lowest BCUT2D eigenvalue weighted by Crippen LogP contribution is -2.36. The van der Waals surface area contributed by atoms with E-state index in [0.717, 1.165) is 19.8 Å². The van der Waals surface area contributed by atoms with E-state index in [1.54, 1.807) is 0 Å². The monoisotopic (exact) mass is 197 g/mol. The van der Waals surface area contributed by atoms with E-state index in [2.05, 4.69) is 22.8 Å². The molecule has 72 valence electrons. The Kier molecular flexibility index (Phi) is 3.35. The van der Waals surface area contributed by atoms with Gasteiger partial charge in [0, 0.05) is 24.1 Å². The van der Waals surface area contributed by atoms with E-state index in [9.17, 15) is 0 Å². The van der Waals surface area contributed by atoms with Gasteiger partial charge in [0.1, 0.15) is 0 Å². The summed E-state index contributed by atoms with van der Waals surface area (Å²) in [5.74, 6) is 0. The maximum Gasteiger partial charge on any atom is 0.0619 e. The Labute approximate surface area is 82.9 Å². The minimum Gasteiger partial charge on any atom is -0.380 e. The molecule has 0 spiro atoms. The zero-order chi connectivity index (χ0) is 8.93. The second-order valence-corrected chi connectivity index (χ2v) is 4.41. The largest absolute Gasteiger partial charge is 0.380 e. The van der Waals surface area contributed by atoms with Crippen LogP contribution < -0.4 is 5.32 Å². The van der Waals surface area contributed by atoms with Gasteiger partial charge in [0.2, 0.25) is 0 Å². The summed E-state index contributed by atoms with van der Waals surface area (Å²) < 4.78 is 5.39. The summed E-state index contributed by atoms with van der Waals surface area (Å²) in [6.45, 7) is 2.81. The highest BCUT2D eigenvalue weighted by Crippen LogP contribution is 2.10. The van der Waals surface area contributed by atoms with Crippen LogP contribution in [0.2, 0.25) is 0 Å². The third kappa shape index (κ3) is 2.79. The molecule has 1 atom stereocenters. The quantitative estimate of drug-likeness (QED) is 0.800. The molecule has 1 saturated heterocycles. The Morgan fingerprint density at radius 3 is 3.31 bits per heavy atom. The van der Waals surface area contributed by atoms with Crippen molar-refractivity contribution >= 4 is 11.3 Å². The predicted molar refractivity (Wildman–Crippen MR) is 55.0 cm³/mol. The lowest BCUT2D eigenvalue weighted by molar-refractivity contribution is 0.0700. The van der Waals surface area contributed by atoms with Crippen LogP contribution in [0.1, 0.15) is 17.7 Å². The first-order valence-electron chi connectivity index (χ1n) is 4.78. The molecule has 1 aliphatic heterocycles. The fourth-order valence-corrected chi connectivity index (χ4v) is 2.22. The van der Waals surface area contributed by atoms with Gasteiger partial charge in [-0.25, -0.2) is 0 Å². The Morgan fingerprint density at radius 2 is 2.62 bits per heavy atom. The molecule has 0 saturated carbocycles. The Morgan fingerprint density at radius 1 is 1.62 bits per heavy atom. The molecule has 1 N–H and O–H groups in total. The third-order valence-corrected chi connectivity index (χ3v) is 3.18. The predicted octanol–water partition coefficient (Wildman–Crippen LogP) is 2.02. The molecular formula is C10H15NOS. The van der Waals surface area contributed by atoms with Crippen molar-refractivity contribution < 1.29 is 4.74 Å². The van der Waals surface area contributed by atoms with Crippen LogP contribution in [-0.2, 0) is 11.3 Å². The van der Waals surface area contributed by atoms with Crippen molar-refractivity contribution in [1.29, 1.82) is 0 Å². The Bertz CT molecular complexity index is 229. The topological polar surface area (TPSA) is 21.3 Å². The highest BCUT2D eigenvalue weighted by molar-refractivity contribution is 7.09. The van der Waals surface area contributed by atoms with Gasteiger partial charge in [-0.15, -0.1) is 11.3 Å². The zero-order valence-electron chi connectivity index (χ0n) is 7.66. The Hall–Kier alpha value is -0.380. The number of ether oxygens (including phenoxy) is 1. The smallest absolute Gasteiger partial charge is 0.0619 e. The second-order valence-electron chi connectivity index (χ2n) is 3.37. The minimum atomic E-state index is 0.566. The number of nitrogens with one attached hydrogen (secondary N) is 1. The summed E-state index contributed by atoms with van der Waals surface area (Å²) in [4.78, 5) is 1.41. The van der Waals surface area contributed by atoms with Crippen molar-refractivity contribution in [2.45, 2.75) is 25.4 Å². The molecule has 0 radical (unpaired) electrons. The first-order valence-corrected chi connectivity index (χ1v) is 5.66. The maximum atomic E-state index is 5.39. The first kappa shape index (κ1) is 9.19. The molecule has 2 rings (SSSR count). The summed E-state index contributed by atoms with van der Waals surface area (Å²) in [6, 6.07) is 4.83. The molecule has 0 aliphatic carbocycles. The van der Waals surface area contributed by atoms with Crippen LogP contribution in [0.25, 0.3) is 0 Å². The van der Waals surface area contributed by atoms with Crippen LogP contribution in [0, 0.1) is 0 Å². The molecule has 2 nitrogen and oxygen atoms in total. The van der Waals surface area contributed by atoms with Gasteiger partial charge in [0.15, 0.2) is 0 Å². The normalized spacial score (nSPS) is 23.2. The molecule has 1 aromatic heterocycles. The van der Waals surface area contributed by atoms with Crippen molar-refractivity contribution in [2.24, 2.45) is 0 Å². The average molecular weight is 197 g/mol. The standard InChI is InChI=1S/C10H15NOS/c1-3-9(8-12-5-1)11-7-10-4-2-6-13-10/h2,4,6,9,11H,1,3,5,7-8H2. The van der Waals surface area contributed by atoms with E-state index in [-0.39, 0.29) is 0 Å². The highest BCUT2D eigenvalue weighted by Gasteiger charge is 2.12. The summed E-state index contributed by atoms with van der Waals surface area (Å²) >= 11 is 1.81. The van der Waals surface area contributed by atoms with Crippen LogP contribution in [-0.4, -0.2) is 19.3 Å². The van der Waals surface area contributed by atoms with E-state index < -0.39 is 0 Å². The average Bonchev–Trinajstić information content (AvgIpc) is 2.69. The van der Waals surface area contributed by atoms with Gasteiger partial charge in [-0.2, -0.15) is 0 Å². The molecule has 0 amide bonds. The summed E-state index contributed by atoms with van der Waals surface area (Å²) in [7, 11) is 0. The number of rotatable bonds is 3. The molecule has 1 aromatic rings.